The van der Waals surface area contributed by atoms with Gasteiger partial charge in [-0.05, 0) is 12.5 Å². The minimum absolute atomic E-state index is 0.0366. The fourth-order valence-corrected chi connectivity index (χ4v) is 1.91. The molecule has 0 aliphatic carbocycles. The lowest BCUT2D eigenvalue weighted by Gasteiger charge is -1.99. The van der Waals surface area contributed by atoms with Crippen LogP contribution in [0.3, 0.4) is 0 Å². The van der Waals surface area contributed by atoms with Crippen LogP contribution in [-0.4, -0.2) is 32.0 Å². The number of aliphatic carboxylic acids is 1. The van der Waals surface area contributed by atoms with E-state index in [1.54, 1.807) is 0 Å². The van der Waals surface area contributed by atoms with Gasteiger partial charge in [-0.15, -0.1) is 5.10 Å². The molecule has 0 aliphatic rings. The molecule has 5 nitrogen and oxygen atoms in total. The summed E-state index contributed by atoms with van der Waals surface area (Å²) in [7, 11) is 0. The van der Waals surface area contributed by atoms with E-state index in [1.807, 2.05) is 31.2 Å². The molecule has 17 heavy (non-hydrogen) atoms. The number of aromatic amines is 1. The van der Waals surface area contributed by atoms with Crippen LogP contribution in [0.25, 0.3) is 11.4 Å². The summed E-state index contributed by atoms with van der Waals surface area (Å²) >= 11 is 1.10. The summed E-state index contributed by atoms with van der Waals surface area (Å²) in [5.74, 6) is -0.251. The van der Waals surface area contributed by atoms with Crippen LogP contribution >= 0.6 is 11.8 Å². The molecule has 6 heteroatoms. The smallest absolute Gasteiger partial charge is 0.313 e. The zero-order valence-electron chi connectivity index (χ0n) is 9.17. The van der Waals surface area contributed by atoms with E-state index >= 15 is 0 Å². The molecule has 0 saturated heterocycles. The molecule has 0 saturated carbocycles. The van der Waals surface area contributed by atoms with Gasteiger partial charge in [0, 0.05) is 5.56 Å². The number of benzene rings is 1. The lowest BCUT2D eigenvalue weighted by molar-refractivity contribution is -0.133. The number of carboxylic acid groups (broad SMARTS) is 1. The number of hydrogen-bond acceptors (Lipinski definition) is 4. The number of aryl methyl sites for hydroxylation is 1. The van der Waals surface area contributed by atoms with E-state index in [1.165, 1.54) is 0 Å². The van der Waals surface area contributed by atoms with Crippen LogP contribution in [-0.2, 0) is 4.79 Å². The first-order valence-corrected chi connectivity index (χ1v) is 5.98. The number of nitrogens with zero attached hydrogens (tertiary/aromatic N) is 2. The first-order chi connectivity index (χ1) is 8.16. The van der Waals surface area contributed by atoms with Gasteiger partial charge in [-0.2, -0.15) is 0 Å². The van der Waals surface area contributed by atoms with Gasteiger partial charge in [0.1, 0.15) is 0 Å². The van der Waals surface area contributed by atoms with Gasteiger partial charge in [0.25, 0.3) is 0 Å². The molecule has 0 spiro atoms. The minimum Gasteiger partial charge on any atom is -0.481 e. The summed E-state index contributed by atoms with van der Waals surface area (Å²) in [5, 5.41) is 15.8. The summed E-state index contributed by atoms with van der Waals surface area (Å²) in [5.41, 5.74) is 2.07. The van der Waals surface area contributed by atoms with Crippen molar-refractivity contribution in [2.75, 3.05) is 5.75 Å². The summed E-state index contributed by atoms with van der Waals surface area (Å²) in [6, 6.07) is 7.81. The Morgan fingerprint density at radius 3 is 2.94 bits per heavy atom. The van der Waals surface area contributed by atoms with Crippen molar-refractivity contribution < 1.29 is 9.90 Å². The maximum atomic E-state index is 10.4. The molecule has 2 aromatic rings. The molecule has 0 radical (unpaired) electrons. The molecule has 1 aromatic heterocycles. The Morgan fingerprint density at radius 2 is 2.24 bits per heavy atom. The maximum Gasteiger partial charge on any atom is 0.313 e. The van der Waals surface area contributed by atoms with Gasteiger partial charge in [0.2, 0.25) is 5.16 Å². The van der Waals surface area contributed by atoms with Crippen molar-refractivity contribution in [2.24, 2.45) is 0 Å². The Balaban J connectivity index is 2.18. The SMILES string of the molecule is Cc1ccccc1-c1nc(SCC(=O)O)n[nH]1. The van der Waals surface area contributed by atoms with Crippen molar-refractivity contribution in [2.45, 2.75) is 12.1 Å². The standard InChI is InChI=1S/C11H11N3O2S/c1-7-4-2-3-5-8(7)10-12-11(14-13-10)17-6-9(15)16/h2-5H,6H2,1H3,(H,15,16)(H,12,13,14). The third kappa shape index (κ3) is 2.85. The van der Waals surface area contributed by atoms with Crippen LogP contribution < -0.4 is 0 Å². The van der Waals surface area contributed by atoms with Crippen molar-refractivity contribution in [3.63, 3.8) is 0 Å². The van der Waals surface area contributed by atoms with E-state index in [0.29, 0.717) is 11.0 Å². The second-order valence-electron chi connectivity index (χ2n) is 3.46. The molecule has 0 fully saturated rings. The third-order valence-electron chi connectivity index (χ3n) is 2.19. The van der Waals surface area contributed by atoms with Gasteiger partial charge in [-0.25, -0.2) is 4.98 Å². The molecule has 0 bridgehead atoms. The quantitative estimate of drug-likeness (QED) is 0.810. The Kier molecular flexibility index (Phi) is 3.43. The normalized spacial score (nSPS) is 10.4. The lowest BCUT2D eigenvalue weighted by Crippen LogP contribution is -1.97. The first-order valence-electron chi connectivity index (χ1n) is 5.00. The summed E-state index contributed by atoms with van der Waals surface area (Å²) in [4.78, 5) is 14.7. The van der Waals surface area contributed by atoms with Gasteiger partial charge in [0.15, 0.2) is 5.82 Å². The van der Waals surface area contributed by atoms with E-state index in [4.69, 9.17) is 5.11 Å². The van der Waals surface area contributed by atoms with Crippen LogP contribution in [0.4, 0.5) is 0 Å². The highest BCUT2D eigenvalue weighted by molar-refractivity contribution is 7.99. The number of H-pyrrole nitrogens is 1. The number of rotatable bonds is 4. The Bertz CT molecular complexity index is 539. The van der Waals surface area contributed by atoms with Crippen LogP contribution in [0, 0.1) is 6.92 Å². The van der Waals surface area contributed by atoms with Crippen LogP contribution in [0.15, 0.2) is 29.4 Å². The largest absolute Gasteiger partial charge is 0.481 e. The molecule has 0 atom stereocenters. The zero-order valence-corrected chi connectivity index (χ0v) is 9.99. The van der Waals surface area contributed by atoms with Gasteiger partial charge in [-0.3, -0.25) is 9.89 Å². The number of carbonyl (C=O) groups is 1. The van der Waals surface area contributed by atoms with Crippen molar-refractivity contribution in [3.05, 3.63) is 29.8 Å². The number of thioether (sulfide) groups is 1. The van der Waals surface area contributed by atoms with E-state index in [0.717, 1.165) is 22.9 Å². The van der Waals surface area contributed by atoms with E-state index in [-0.39, 0.29) is 5.75 Å². The highest BCUT2D eigenvalue weighted by atomic mass is 32.2. The summed E-state index contributed by atoms with van der Waals surface area (Å²) < 4.78 is 0. The number of nitrogens with one attached hydrogen (secondary N) is 1. The predicted molar refractivity (Wildman–Crippen MR) is 64.9 cm³/mol. The average molecular weight is 249 g/mol. The molecule has 88 valence electrons. The van der Waals surface area contributed by atoms with Crippen molar-refractivity contribution in [1.82, 2.24) is 15.2 Å². The van der Waals surface area contributed by atoms with Gasteiger partial charge in [0.05, 0.1) is 5.75 Å². The molecule has 0 unspecified atom stereocenters. The number of hydrogen-bond donors (Lipinski definition) is 2. The molecule has 1 aromatic carbocycles. The monoisotopic (exact) mass is 249 g/mol. The predicted octanol–water partition coefficient (Wildman–Crippen LogP) is 1.96. The number of aromatic nitrogens is 3. The fourth-order valence-electron chi connectivity index (χ4n) is 1.40. The molecule has 0 aliphatic heterocycles. The molecule has 1 heterocycles. The van der Waals surface area contributed by atoms with Crippen molar-refractivity contribution >= 4 is 17.7 Å². The van der Waals surface area contributed by atoms with Gasteiger partial charge >= 0.3 is 5.97 Å². The topological polar surface area (TPSA) is 78.9 Å². The van der Waals surface area contributed by atoms with Crippen molar-refractivity contribution in [3.8, 4) is 11.4 Å². The first kappa shape index (κ1) is 11.7. The summed E-state index contributed by atoms with van der Waals surface area (Å²) in [6.07, 6.45) is 0. The highest BCUT2D eigenvalue weighted by Gasteiger charge is 2.09. The van der Waals surface area contributed by atoms with Gasteiger partial charge < -0.3 is 5.11 Å². The molecular weight excluding hydrogens is 238 g/mol. The fraction of sp³-hybridized carbons (Fsp3) is 0.182. The second kappa shape index (κ2) is 5.01. The molecule has 2 rings (SSSR count). The van der Waals surface area contributed by atoms with Crippen molar-refractivity contribution in [1.29, 1.82) is 0 Å². The Morgan fingerprint density at radius 1 is 1.47 bits per heavy atom. The van der Waals surface area contributed by atoms with E-state index < -0.39 is 5.97 Å². The van der Waals surface area contributed by atoms with Crippen LogP contribution in [0.1, 0.15) is 5.56 Å². The van der Waals surface area contributed by atoms with E-state index in [2.05, 4.69) is 15.2 Å². The zero-order chi connectivity index (χ0) is 12.3. The van der Waals surface area contributed by atoms with Crippen LogP contribution in [0.2, 0.25) is 0 Å². The molecule has 0 amide bonds. The Hall–Kier alpha value is -1.82. The van der Waals surface area contributed by atoms with Gasteiger partial charge in [-0.1, -0.05) is 36.0 Å². The minimum atomic E-state index is -0.878. The second-order valence-corrected chi connectivity index (χ2v) is 4.41. The lowest BCUT2D eigenvalue weighted by atomic mass is 10.1. The third-order valence-corrected chi connectivity index (χ3v) is 3.02. The highest BCUT2D eigenvalue weighted by Crippen LogP contribution is 2.21. The van der Waals surface area contributed by atoms with Crippen LogP contribution in [0.5, 0.6) is 0 Å². The number of carboxylic acids is 1. The van der Waals surface area contributed by atoms with E-state index in [9.17, 15) is 4.79 Å². The maximum absolute atomic E-state index is 10.4. The average Bonchev–Trinajstić information content (AvgIpc) is 2.75. The Labute approximate surface area is 102 Å². The molecular formula is C11H11N3O2S. The summed E-state index contributed by atoms with van der Waals surface area (Å²) in [6.45, 7) is 1.99. The molecule has 2 N–H and O–H groups in total.